The van der Waals surface area contributed by atoms with Crippen LogP contribution in [0.3, 0.4) is 0 Å². The average molecular weight is 1080 g/mol. The summed E-state index contributed by atoms with van der Waals surface area (Å²) in [5, 5.41) is 0. The third kappa shape index (κ3) is 9.76. The SMILES string of the molecule is CC1(C)c2cc(C=Cc3ccc(-c4ccc(C=Cc5ccc6c(c5)C(C)(C)c5cc(N(c7ccccc7)c7ccc(-c8ccccc8)cc7)ccc5-6)cc4)cc3)ccc2-c2ccc(N(c3ccccc3)c3ccc(-c4ccccc4)cc3)cc21. The first-order valence-corrected chi connectivity index (χ1v) is 29.3. The Hall–Kier alpha value is -10.3. The van der Waals surface area contributed by atoms with Crippen LogP contribution in [0.1, 0.15) is 72.2 Å². The van der Waals surface area contributed by atoms with Gasteiger partial charge in [-0.05, 0) is 173 Å². The molecule has 0 bridgehead atoms. The Morgan fingerprint density at radius 2 is 0.452 bits per heavy atom. The molecule has 0 saturated heterocycles. The largest absolute Gasteiger partial charge is 0.310 e. The number of para-hydroxylation sites is 2. The fourth-order valence-electron chi connectivity index (χ4n) is 12.8. The van der Waals surface area contributed by atoms with Crippen molar-refractivity contribution in [2.75, 3.05) is 9.80 Å². The summed E-state index contributed by atoms with van der Waals surface area (Å²) in [4.78, 5) is 4.75. The van der Waals surface area contributed by atoms with Gasteiger partial charge in [0, 0.05) is 45.0 Å². The molecule has 0 aromatic heterocycles. The first-order chi connectivity index (χ1) is 41.1. The standard InChI is InChI=1S/C82H64N2/c1-81(2)77-53-59(33-49-73(77)75-51-47-71(55-79(75)81)83(67-21-13-7-14-22-67)69-43-39-65(40-44-69)61-17-9-5-10-18-61)27-25-57-29-35-63(36-30-57)64-37-31-58(32-38-64)26-28-60-34-50-74-76-52-48-72(56-80(76)82(3,4)78(74)54-60)84(68-23-15-8-16-24-68)70-45-41-66(42-46-70)62-19-11-6-12-20-62/h5-56H,1-4H3. The van der Waals surface area contributed by atoms with Gasteiger partial charge in [0.15, 0.2) is 0 Å². The van der Waals surface area contributed by atoms with E-state index in [0.717, 1.165) is 34.1 Å². The smallest absolute Gasteiger partial charge is 0.0465 e. The fraction of sp³-hybridized carbons (Fsp3) is 0.0732. The molecule has 0 unspecified atom stereocenters. The zero-order valence-corrected chi connectivity index (χ0v) is 47.9. The Kier molecular flexibility index (Phi) is 13.3. The van der Waals surface area contributed by atoms with Gasteiger partial charge in [-0.15, -0.1) is 0 Å². The summed E-state index contributed by atoms with van der Waals surface area (Å²) >= 11 is 0. The van der Waals surface area contributed by atoms with Gasteiger partial charge in [-0.2, -0.15) is 0 Å². The van der Waals surface area contributed by atoms with Crippen LogP contribution >= 0.6 is 0 Å². The Bertz CT molecular complexity index is 4110. The van der Waals surface area contributed by atoms with E-state index in [1.54, 1.807) is 0 Å². The highest BCUT2D eigenvalue weighted by Crippen LogP contribution is 2.53. The summed E-state index contributed by atoms with van der Waals surface area (Å²) in [5.74, 6) is 0. The lowest BCUT2D eigenvalue weighted by atomic mass is 9.81. The van der Waals surface area contributed by atoms with Crippen molar-refractivity contribution in [3.63, 3.8) is 0 Å². The third-order valence-electron chi connectivity index (χ3n) is 17.5. The maximum atomic E-state index is 2.41. The summed E-state index contributed by atoms with van der Waals surface area (Å²) in [7, 11) is 0. The van der Waals surface area contributed by atoms with E-state index in [1.807, 2.05) is 0 Å². The van der Waals surface area contributed by atoms with Crippen LogP contribution in [0.25, 0.3) is 79.9 Å². The molecule has 12 aromatic carbocycles. The zero-order valence-electron chi connectivity index (χ0n) is 47.9. The lowest BCUT2D eigenvalue weighted by Gasteiger charge is -2.28. The van der Waals surface area contributed by atoms with Gasteiger partial charge in [-0.25, -0.2) is 0 Å². The van der Waals surface area contributed by atoms with Gasteiger partial charge in [0.05, 0.1) is 0 Å². The predicted molar refractivity (Wildman–Crippen MR) is 358 cm³/mol. The summed E-state index contributed by atoms with van der Waals surface area (Å²) in [5.41, 5.74) is 29.1. The van der Waals surface area contributed by atoms with Gasteiger partial charge in [0.25, 0.3) is 0 Å². The molecule has 14 rings (SSSR count). The number of hydrogen-bond donors (Lipinski definition) is 0. The van der Waals surface area contributed by atoms with Crippen molar-refractivity contribution in [2.24, 2.45) is 0 Å². The molecule has 2 aliphatic rings. The number of hydrogen-bond acceptors (Lipinski definition) is 2. The number of anilines is 6. The second-order valence-corrected chi connectivity index (χ2v) is 23.4. The second kappa shape index (κ2) is 21.6. The Morgan fingerprint density at radius 1 is 0.214 bits per heavy atom. The average Bonchev–Trinajstić information content (AvgIpc) is 3.48. The van der Waals surface area contributed by atoms with E-state index < -0.39 is 0 Å². The summed E-state index contributed by atoms with van der Waals surface area (Å²) in [6.07, 6.45) is 8.97. The van der Waals surface area contributed by atoms with Gasteiger partial charge in [-0.1, -0.05) is 270 Å². The van der Waals surface area contributed by atoms with E-state index in [0.29, 0.717) is 0 Å². The molecule has 2 aliphatic carbocycles. The quantitative estimate of drug-likeness (QED) is 0.106. The minimum absolute atomic E-state index is 0.180. The molecule has 0 saturated carbocycles. The van der Waals surface area contributed by atoms with Crippen LogP contribution in [-0.2, 0) is 10.8 Å². The molecule has 0 atom stereocenters. The lowest BCUT2D eigenvalue weighted by Crippen LogP contribution is -2.16. The number of nitrogens with zero attached hydrogens (tertiary/aromatic N) is 2. The van der Waals surface area contributed by atoms with Gasteiger partial charge < -0.3 is 9.80 Å². The highest BCUT2D eigenvalue weighted by atomic mass is 15.1. The van der Waals surface area contributed by atoms with Crippen molar-refractivity contribution in [1.82, 2.24) is 0 Å². The van der Waals surface area contributed by atoms with Crippen LogP contribution in [0, 0.1) is 0 Å². The molecule has 84 heavy (non-hydrogen) atoms. The Balaban J connectivity index is 0.645. The minimum Gasteiger partial charge on any atom is -0.310 e. The number of rotatable bonds is 13. The normalized spacial score (nSPS) is 13.3. The highest BCUT2D eigenvalue weighted by Gasteiger charge is 2.38. The van der Waals surface area contributed by atoms with Crippen molar-refractivity contribution in [2.45, 2.75) is 38.5 Å². The Labute approximate surface area is 495 Å². The van der Waals surface area contributed by atoms with E-state index in [-0.39, 0.29) is 10.8 Å². The van der Waals surface area contributed by atoms with Gasteiger partial charge >= 0.3 is 0 Å². The molecule has 0 amide bonds. The summed E-state index contributed by atoms with van der Waals surface area (Å²) in [6, 6.07) is 106. The van der Waals surface area contributed by atoms with E-state index in [9.17, 15) is 0 Å². The molecule has 0 fully saturated rings. The van der Waals surface area contributed by atoms with Gasteiger partial charge in [-0.3, -0.25) is 0 Å². The van der Waals surface area contributed by atoms with Crippen LogP contribution in [-0.4, -0.2) is 0 Å². The summed E-state index contributed by atoms with van der Waals surface area (Å²) < 4.78 is 0. The van der Waals surface area contributed by atoms with E-state index >= 15 is 0 Å². The molecule has 0 N–H and O–H groups in total. The molecule has 0 radical (unpaired) electrons. The first kappa shape index (κ1) is 51.8. The van der Waals surface area contributed by atoms with Gasteiger partial charge in [0.2, 0.25) is 0 Å². The molecular formula is C82H64N2. The van der Waals surface area contributed by atoms with Crippen molar-refractivity contribution in [1.29, 1.82) is 0 Å². The minimum atomic E-state index is -0.180. The third-order valence-corrected chi connectivity index (χ3v) is 17.5. The maximum Gasteiger partial charge on any atom is 0.0465 e. The van der Waals surface area contributed by atoms with Crippen LogP contribution in [0.4, 0.5) is 34.1 Å². The van der Waals surface area contributed by atoms with Crippen LogP contribution in [0.15, 0.2) is 291 Å². The number of benzene rings is 12. The maximum absolute atomic E-state index is 2.41. The topological polar surface area (TPSA) is 6.48 Å². The van der Waals surface area contributed by atoms with E-state index in [4.69, 9.17) is 0 Å². The first-order valence-electron chi connectivity index (χ1n) is 29.3. The van der Waals surface area contributed by atoms with Crippen molar-refractivity contribution in [3.05, 3.63) is 336 Å². The van der Waals surface area contributed by atoms with Crippen molar-refractivity contribution < 1.29 is 0 Å². The van der Waals surface area contributed by atoms with E-state index in [2.05, 4.69) is 353 Å². The van der Waals surface area contributed by atoms with Crippen molar-refractivity contribution in [3.8, 4) is 55.6 Å². The molecule has 0 aliphatic heterocycles. The molecular weight excluding hydrogens is 1010 g/mol. The molecule has 12 aromatic rings. The number of fused-ring (bicyclic) bond motifs is 6. The fourth-order valence-corrected chi connectivity index (χ4v) is 12.8. The lowest BCUT2D eigenvalue weighted by molar-refractivity contribution is 0.660. The highest BCUT2D eigenvalue weighted by molar-refractivity contribution is 5.90. The summed E-state index contributed by atoms with van der Waals surface area (Å²) in [6.45, 7) is 9.48. The molecule has 0 spiro atoms. The predicted octanol–water partition coefficient (Wildman–Crippen LogP) is 22.6. The van der Waals surface area contributed by atoms with Crippen LogP contribution in [0.2, 0.25) is 0 Å². The van der Waals surface area contributed by atoms with Crippen LogP contribution in [0.5, 0.6) is 0 Å². The van der Waals surface area contributed by atoms with Gasteiger partial charge in [0.1, 0.15) is 0 Å². The second-order valence-electron chi connectivity index (χ2n) is 23.4. The zero-order chi connectivity index (χ0) is 56.8. The molecule has 2 heteroatoms. The van der Waals surface area contributed by atoms with Crippen molar-refractivity contribution >= 4 is 58.4 Å². The molecule has 0 heterocycles. The van der Waals surface area contributed by atoms with Crippen LogP contribution < -0.4 is 9.80 Å². The monoisotopic (exact) mass is 1080 g/mol. The Morgan fingerprint density at radius 3 is 0.798 bits per heavy atom. The molecule has 2 nitrogen and oxygen atoms in total. The van der Waals surface area contributed by atoms with E-state index in [1.165, 1.54) is 100 Å². The molecule has 402 valence electrons.